The Morgan fingerprint density at radius 2 is 2.33 bits per heavy atom. The van der Waals surface area contributed by atoms with Crippen LogP contribution in [0.15, 0.2) is 24.3 Å². The molecule has 0 aromatic heterocycles. The molecule has 1 amide bonds. The standard InChI is InChI=1S/C15H17ClN2O3/c1-21-14-11-17(8-9-18(14)15(19)20)7-3-5-12-4-2-6-13(16)10-12/h2,4,6,10,14H,7-9,11H2,1H3,(H,19,20). The van der Waals surface area contributed by atoms with Crippen LogP contribution in [-0.4, -0.2) is 60.5 Å². The van der Waals surface area contributed by atoms with Crippen molar-refractivity contribution in [3.05, 3.63) is 34.9 Å². The lowest BCUT2D eigenvalue weighted by Gasteiger charge is -2.38. The summed E-state index contributed by atoms with van der Waals surface area (Å²) < 4.78 is 5.21. The number of nitrogens with zero attached hydrogens (tertiary/aromatic N) is 2. The highest BCUT2D eigenvalue weighted by Gasteiger charge is 2.29. The Kier molecular flexibility index (Phi) is 5.45. The van der Waals surface area contributed by atoms with E-state index in [0.717, 1.165) is 5.56 Å². The molecule has 0 saturated carbocycles. The number of carboxylic acid groups (broad SMARTS) is 1. The van der Waals surface area contributed by atoms with Crippen molar-refractivity contribution in [1.29, 1.82) is 0 Å². The Morgan fingerprint density at radius 3 is 3.00 bits per heavy atom. The van der Waals surface area contributed by atoms with Crippen molar-refractivity contribution in [2.75, 3.05) is 33.3 Å². The molecule has 0 aliphatic carbocycles. The van der Waals surface area contributed by atoms with Crippen molar-refractivity contribution in [1.82, 2.24) is 9.80 Å². The molecule has 1 atom stereocenters. The summed E-state index contributed by atoms with van der Waals surface area (Å²) >= 11 is 5.90. The van der Waals surface area contributed by atoms with Gasteiger partial charge in [0.2, 0.25) is 0 Å². The molecule has 0 radical (unpaired) electrons. The largest absolute Gasteiger partial charge is 0.465 e. The van der Waals surface area contributed by atoms with E-state index in [0.29, 0.717) is 31.2 Å². The van der Waals surface area contributed by atoms with Crippen molar-refractivity contribution in [2.24, 2.45) is 0 Å². The number of benzene rings is 1. The van der Waals surface area contributed by atoms with Gasteiger partial charge in [0.1, 0.15) is 6.23 Å². The van der Waals surface area contributed by atoms with E-state index in [1.54, 1.807) is 6.07 Å². The van der Waals surface area contributed by atoms with Gasteiger partial charge in [-0.2, -0.15) is 0 Å². The van der Waals surface area contributed by atoms with E-state index in [1.807, 2.05) is 18.2 Å². The van der Waals surface area contributed by atoms with Gasteiger partial charge in [0.25, 0.3) is 0 Å². The minimum absolute atomic E-state index is 0.423. The van der Waals surface area contributed by atoms with Crippen LogP contribution in [0.25, 0.3) is 0 Å². The highest BCUT2D eigenvalue weighted by molar-refractivity contribution is 6.30. The van der Waals surface area contributed by atoms with Gasteiger partial charge >= 0.3 is 6.09 Å². The SMILES string of the molecule is COC1CN(CC#Cc2cccc(Cl)c2)CCN1C(=O)O. The first-order valence-corrected chi connectivity index (χ1v) is 6.97. The van der Waals surface area contributed by atoms with Crippen molar-refractivity contribution in [2.45, 2.75) is 6.23 Å². The molecule has 1 saturated heterocycles. The van der Waals surface area contributed by atoms with E-state index >= 15 is 0 Å². The molecule has 1 heterocycles. The molecule has 1 unspecified atom stereocenters. The summed E-state index contributed by atoms with van der Waals surface area (Å²) in [5, 5.41) is 9.73. The number of methoxy groups -OCH3 is 1. The Balaban J connectivity index is 1.92. The minimum Gasteiger partial charge on any atom is -0.465 e. The maximum atomic E-state index is 11.0. The molecule has 2 rings (SSSR count). The quantitative estimate of drug-likeness (QED) is 0.849. The molecule has 1 aliphatic heterocycles. The molecule has 1 aromatic rings. The van der Waals surface area contributed by atoms with Gasteiger partial charge in [-0.3, -0.25) is 9.80 Å². The summed E-state index contributed by atoms with van der Waals surface area (Å²) in [6.07, 6.45) is -1.39. The summed E-state index contributed by atoms with van der Waals surface area (Å²) in [6.45, 7) is 2.16. The van der Waals surface area contributed by atoms with Gasteiger partial charge in [0, 0.05) is 37.3 Å². The molecule has 0 bridgehead atoms. The fourth-order valence-electron chi connectivity index (χ4n) is 2.19. The molecule has 1 aliphatic rings. The summed E-state index contributed by atoms with van der Waals surface area (Å²) in [6, 6.07) is 7.38. The monoisotopic (exact) mass is 308 g/mol. The van der Waals surface area contributed by atoms with E-state index in [-0.39, 0.29) is 0 Å². The lowest BCUT2D eigenvalue weighted by Crippen LogP contribution is -2.55. The molecule has 0 spiro atoms. The van der Waals surface area contributed by atoms with Gasteiger partial charge in [-0.05, 0) is 18.2 Å². The number of amides is 1. The number of rotatable bonds is 2. The summed E-state index contributed by atoms with van der Waals surface area (Å²) in [5.41, 5.74) is 0.870. The summed E-state index contributed by atoms with van der Waals surface area (Å²) in [5.74, 6) is 6.14. The fraction of sp³-hybridized carbons (Fsp3) is 0.400. The van der Waals surface area contributed by atoms with Crippen LogP contribution in [-0.2, 0) is 4.74 Å². The fourth-order valence-corrected chi connectivity index (χ4v) is 2.38. The number of piperazine rings is 1. The molecule has 1 aromatic carbocycles. The third-order valence-electron chi connectivity index (χ3n) is 3.30. The highest BCUT2D eigenvalue weighted by Crippen LogP contribution is 2.11. The molecular formula is C15H17ClN2O3. The van der Waals surface area contributed by atoms with E-state index < -0.39 is 12.3 Å². The van der Waals surface area contributed by atoms with Crippen molar-refractivity contribution in [3.8, 4) is 11.8 Å². The molecular weight excluding hydrogens is 292 g/mol. The predicted molar refractivity (Wildman–Crippen MR) is 80.3 cm³/mol. The number of hydrogen-bond acceptors (Lipinski definition) is 3. The van der Waals surface area contributed by atoms with Crippen LogP contribution < -0.4 is 0 Å². The minimum atomic E-state index is -0.952. The second-order valence-electron chi connectivity index (χ2n) is 4.71. The molecule has 6 heteroatoms. The van der Waals surface area contributed by atoms with E-state index in [2.05, 4.69) is 16.7 Å². The van der Waals surface area contributed by atoms with Crippen LogP contribution in [0.2, 0.25) is 5.02 Å². The maximum absolute atomic E-state index is 11.0. The second kappa shape index (κ2) is 7.32. The first-order chi connectivity index (χ1) is 10.1. The van der Waals surface area contributed by atoms with E-state index in [9.17, 15) is 4.79 Å². The smallest absolute Gasteiger partial charge is 0.409 e. The van der Waals surface area contributed by atoms with Crippen LogP contribution in [0.4, 0.5) is 4.79 Å². The number of hydrogen-bond donors (Lipinski definition) is 1. The number of carbonyl (C=O) groups is 1. The molecule has 1 fully saturated rings. The molecule has 112 valence electrons. The first-order valence-electron chi connectivity index (χ1n) is 6.59. The van der Waals surface area contributed by atoms with Crippen molar-refractivity contribution in [3.63, 3.8) is 0 Å². The second-order valence-corrected chi connectivity index (χ2v) is 5.15. The van der Waals surface area contributed by atoms with Crippen LogP contribution in [0, 0.1) is 11.8 Å². The van der Waals surface area contributed by atoms with Crippen LogP contribution in [0.1, 0.15) is 5.56 Å². The number of halogens is 1. The van der Waals surface area contributed by atoms with Gasteiger partial charge < -0.3 is 9.84 Å². The van der Waals surface area contributed by atoms with Gasteiger partial charge in [0.15, 0.2) is 0 Å². The number of ether oxygens (including phenoxy) is 1. The zero-order valence-corrected chi connectivity index (χ0v) is 12.5. The average Bonchev–Trinajstić information content (AvgIpc) is 2.47. The molecule has 21 heavy (non-hydrogen) atoms. The summed E-state index contributed by atoms with van der Waals surface area (Å²) in [4.78, 5) is 14.4. The van der Waals surface area contributed by atoms with Gasteiger partial charge in [0.05, 0.1) is 6.54 Å². The topological polar surface area (TPSA) is 53.0 Å². The van der Waals surface area contributed by atoms with Gasteiger partial charge in [-0.1, -0.05) is 29.5 Å². The average molecular weight is 309 g/mol. The Labute approximate surface area is 129 Å². The Morgan fingerprint density at radius 1 is 1.52 bits per heavy atom. The van der Waals surface area contributed by atoms with E-state index in [1.165, 1.54) is 12.0 Å². The lowest BCUT2D eigenvalue weighted by molar-refractivity contribution is -0.0642. The van der Waals surface area contributed by atoms with Gasteiger partial charge in [-0.15, -0.1) is 0 Å². The third-order valence-corrected chi connectivity index (χ3v) is 3.53. The normalized spacial score (nSPS) is 19.0. The van der Waals surface area contributed by atoms with Crippen molar-refractivity contribution < 1.29 is 14.6 Å². The molecule has 5 nitrogen and oxygen atoms in total. The predicted octanol–water partition coefficient (Wildman–Crippen LogP) is 1.96. The Hall–Kier alpha value is -1.74. The van der Waals surface area contributed by atoms with Gasteiger partial charge in [-0.25, -0.2) is 4.79 Å². The highest BCUT2D eigenvalue weighted by atomic mass is 35.5. The zero-order valence-electron chi connectivity index (χ0n) is 11.8. The molecule has 1 N–H and O–H groups in total. The lowest BCUT2D eigenvalue weighted by atomic mass is 10.2. The van der Waals surface area contributed by atoms with E-state index in [4.69, 9.17) is 21.4 Å². The maximum Gasteiger partial charge on any atom is 0.409 e. The Bertz CT molecular complexity index is 568. The zero-order chi connectivity index (χ0) is 15.2. The first kappa shape index (κ1) is 15.6. The van der Waals surface area contributed by atoms with Crippen LogP contribution in [0.3, 0.4) is 0 Å². The van der Waals surface area contributed by atoms with Crippen LogP contribution in [0.5, 0.6) is 0 Å². The third kappa shape index (κ3) is 4.36. The summed E-state index contributed by atoms with van der Waals surface area (Å²) in [7, 11) is 1.52. The van der Waals surface area contributed by atoms with Crippen molar-refractivity contribution >= 4 is 17.7 Å². The van der Waals surface area contributed by atoms with Crippen LogP contribution >= 0.6 is 11.6 Å².